The first kappa shape index (κ1) is 18.7. The van der Waals surface area contributed by atoms with Gasteiger partial charge in [-0.2, -0.15) is 8.78 Å². The maximum Gasteiger partial charge on any atom is 0.387 e. The lowest BCUT2D eigenvalue weighted by Gasteiger charge is -2.39. The number of methoxy groups -OCH3 is 2. The number of halogens is 2. The summed E-state index contributed by atoms with van der Waals surface area (Å²) in [6.45, 7) is 0.392. The molecule has 0 unspecified atom stereocenters. The van der Waals surface area contributed by atoms with Crippen molar-refractivity contribution in [2.45, 2.75) is 25.9 Å². The number of likely N-dealkylation sites (tertiary alicyclic amines) is 1. The Hall–Kier alpha value is -2.09. The molecule has 2 heterocycles. The Kier molecular flexibility index (Phi) is 5.50. The largest absolute Gasteiger partial charge is 0.493 e. The number of benzene rings is 1. The molecule has 6 nitrogen and oxygen atoms in total. The Morgan fingerprint density at radius 1 is 1.15 bits per heavy atom. The van der Waals surface area contributed by atoms with Gasteiger partial charge in [-0.1, -0.05) is 0 Å². The summed E-state index contributed by atoms with van der Waals surface area (Å²) in [4.78, 5) is 14.7. The Bertz CT molecular complexity index is 628. The van der Waals surface area contributed by atoms with Crippen LogP contribution in [0.15, 0.2) is 12.1 Å². The summed E-state index contributed by atoms with van der Waals surface area (Å²) in [5.41, 5.74) is 0.641. The number of hydrogen-bond acceptors (Lipinski definition) is 5. The zero-order valence-electron chi connectivity index (χ0n) is 15.0. The molecule has 0 aliphatic carbocycles. The van der Waals surface area contributed by atoms with Crippen molar-refractivity contribution in [2.75, 3.05) is 40.4 Å². The minimum absolute atomic E-state index is 0.0430. The molecule has 2 saturated heterocycles. The van der Waals surface area contributed by atoms with E-state index in [1.165, 1.54) is 26.4 Å². The second kappa shape index (κ2) is 7.65. The fourth-order valence-corrected chi connectivity index (χ4v) is 3.80. The number of nitrogens with zero attached hydrogens (tertiary/aromatic N) is 1. The van der Waals surface area contributed by atoms with Gasteiger partial charge in [0.1, 0.15) is 0 Å². The van der Waals surface area contributed by atoms with E-state index in [9.17, 15) is 13.6 Å². The third-order valence-electron chi connectivity index (χ3n) is 5.36. The quantitative estimate of drug-likeness (QED) is 0.863. The maximum absolute atomic E-state index is 12.9. The van der Waals surface area contributed by atoms with Crippen LogP contribution in [0.1, 0.15) is 29.6 Å². The topological polar surface area (TPSA) is 60.0 Å². The summed E-state index contributed by atoms with van der Waals surface area (Å²) in [5.74, 6) is -0.287. The molecule has 0 atom stereocenters. The number of rotatable bonds is 5. The van der Waals surface area contributed by atoms with Crippen LogP contribution in [0, 0.1) is 5.41 Å². The lowest BCUT2D eigenvalue weighted by atomic mass is 9.78. The smallest absolute Gasteiger partial charge is 0.387 e. The molecule has 1 aromatic carbocycles. The number of carbonyl (C=O) groups is 1. The summed E-state index contributed by atoms with van der Waals surface area (Å²) >= 11 is 0. The Morgan fingerprint density at radius 2 is 1.77 bits per heavy atom. The number of carbonyl (C=O) groups excluding carboxylic acids is 1. The molecule has 3 rings (SSSR count). The van der Waals surface area contributed by atoms with Crippen LogP contribution in [0.2, 0.25) is 0 Å². The molecule has 2 fully saturated rings. The molecule has 1 N–H and O–H groups in total. The highest BCUT2D eigenvalue weighted by Gasteiger charge is 2.38. The number of nitrogens with one attached hydrogen (secondary N) is 1. The third kappa shape index (κ3) is 3.70. The van der Waals surface area contributed by atoms with Crippen molar-refractivity contribution in [1.29, 1.82) is 0 Å². The van der Waals surface area contributed by atoms with Gasteiger partial charge in [0.25, 0.3) is 5.91 Å². The van der Waals surface area contributed by atoms with Gasteiger partial charge in [0.15, 0.2) is 11.5 Å². The minimum atomic E-state index is -3.02. The highest BCUT2D eigenvalue weighted by atomic mass is 19.3. The summed E-state index contributed by atoms with van der Waals surface area (Å²) in [6, 6.07) is 2.84. The van der Waals surface area contributed by atoms with Crippen molar-refractivity contribution in [1.82, 2.24) is 10.2 Å². The normalized spacial score (nSPS) is 19.0. The molecule has 0 saturated carbocycles. The fraction of sp³-hybridized carbons (Fsp3) is 0.611. The van der Waals surface area contributed by atoms with Crippen LogP contribution < -0.4 is 19.5 Å². The van der Waals surface area contributed by atoms with Crippen LogP contribution in [-0.2, 0) is 0 Å². The maximum atomic E-state index is 12.9. The first-order valence-electron chi connectivity index (χ1n) is 8.69. The molecule has 144 valence electrons. The first-order chi connectivity index (χ1) is 12.5. The summed E-state index contributed by atoms with van der Waals surface area (Å²) < 4.78 is 40.0. The van der Waals surface area contributed by atoms with Gasteiger partial charge in [-0.05, 0) is 43.4 Å². The molecule has 1 aromatic rings. The summed E-state index contributed by atoms with van der Waals surface area (Å²) in [7, 11) is 2.66. The van der Waals surface area contributed by atoms with Crippen LogP contribution in [0.4, 0.5) is 8.78 Å². The SMILES string of the molecule is COc1cc(C(=O)N2CCC3(CCNC3)CC2)cc(OC)c1OC(F)F. The second-order valence-corrected chi connectivity index (χ2v) is 6.81. The third-order valence-corrected chi connectivity index (χ3v) is 5.36. The van der Waals surface area contributed by atoms with E-state index in [0.717, 1.165) is 32.4 Å². The van der Waals surface area contributed by atoms with E-state index < -0.39 is 6.61 Å². The van der Waals surface area contributed by atoms with E-state index in [4.69, 9.17) is 9.47 Å². The van der Waals surface area contributed by atoms with Gasteiger partial charge in [-0.3, -0.25) is 4.79 Å². The van der Waals surface area contributed by atoms with Gasteiger partial charge in [-0.25, -0.2) is 0 Å². The van der Waals surface area contributed by atoms with Gasteiger partial charge in [0, 0.05) is 25.2 Å². The van der Waals surface area contributed by atoms with Crippen molar-refractivity contribution < 1.29 is 27.8 Å². The molecule has 0 bridgehead atoms. The lowest BCUT2D eigenvalue weighted by Crippen LogP contribution is -2.44. The van der Waals surface area contributed by atoms with Crippen molar-refractivity contribution >= 4 is 5.91 Å². The van der Waals surface area contributed by atoms with Crippen LogP contribution in [0.25, 0.3) is 0 Å². The summed E-state index contributed by atoms with van der Waals surface area (Å²) in [5, 5.41) is 3.40. The van der Waals surface area contributed by atoms with E-state index in [1.54, 1.807) is 4.90 Å². The average molecular weight is 370 g/mol. The molecular formula is C18H24F2N2O4. The van der Waals surface area contributed by atoms with E-state index in [-0.39, 0.29) is 23.2 Å². The van der Waals surface area contributed by atoms with E-state index in [2.05, 4.69) is 10.1 Å². The molecule has 1 amide bonds. The van der Waals surface area contributed by atoms with E-state index in [1.807, 2.05) is 0 Å². The molecule has 0 radical (unpaired) electrons. The van der Waals surface area contributed by atoms with Gasteiger partial charge in [0.05, 0.1) is 14.2 Å². The standard InChI is InChI=1S/C18H24F2N2O4/c1-24-13-9-12(10-14(25-2)15(13)26-17(19)20)16(23)22-7-4-18(5-8-22)3-6-21-11-18/h9-10,17,21H,3-8,11H2,1-2H3. The van der Waals surface area contributed by atoms with Crippen LogP contribution >= 0.6 is 0 Å². The average Bonchev–Trinajstić information content (AvgIpc) is 3.09. The number of amides is 1. The number of hydrogen-bond donors (Lipinski definition) is 1. The van der Waals surface area contributed by atoms with E-state index >= 15 is 0 Å². The van der Waals surface area contributed by atoms with Gasteiger partial charge >= 0.3 is 6.61 Å². The molecule has 0 aromatic heterocycles. The zero-order valence-corrected chi connectivity index (χ0v) is 15.0. The zero-order chi connectivity index (χ0) is 18.7. The van der Waals surface area contributed by atoms with Gasteiger partial charge in [0.2, 0.25) is 5.75 Å². The van der Waals surface area contributed by atoms with Crippen molar-refractivity contribution in [3.05, 3.63) is 17.7 Å². The molecule has 26 heavy (non-hydrogen) atoms. The van der Waals surface area contributed by atoms with Crippen LogP contribution in [-0.4, -0.2) is 57.8 Å². The van der Waals surface area contributed by atoms with Crippen molar-refractivity contribution in [3.8, 4) is 17.2 Å². The van der Waals surface area contributed by atoms with Gasteiger partial charge < -0.3 is 24.4 Å². The molecular weight excluding hydrogens is 346 g/mol. The molecule has 2 aliphatic heterocycles. The van der Waals surface area contributed by atoms with Crippen LogP contribution in [0.3, 0.4) is 0 Å². The van der Waals surface area contributed by atoms with Crippen molar-refractivity contribution in [2.24, 2.45) is 5.41 Å². The number of piperidine rings is 1. The second-order valence-electron chi connectivity index (χ2n) is 6.81. The molecule has 1 spiro atoms. The predicted molar refractivity (Wildman–Crippen MR) is 91.2 cm³/mol. The Morgan fingerprint density at radius 3 is 2.23 bits per heavy atom. The highest BCUT2D eigenvalue weighted by molar-refractivity contribution is 5.95. The van der Waals surface area contributed by atoms with E-state index in [0.29, 0.717) is 24.1 Å². The minimum Gasteiger partial charge on any atom is -0.493 e. The molecule has 8 heteroatoms. The van der Waals surface area contributed by atoms with Crippen molar-refractivity contribution in [3.63, 3.8) is 0 Å². The fourth-order valence-electron chi connectivity index (χ4n) is 3.80. The lowest BCUT2D eigenvalue weighted by molar-refractivity contribution is -0.0526. The van der Waals surface area contributed by atoms with Crippen LogP contribution in [0.5, 0.6) is 17.2 Å². The Balaban J connectivity index is 1.79. The highest BCUT2D eigenvalue weighted by Crippen LogP contribution is 2.41. The predicted octanol–water partition coefficient (Wildman–Crippen LogP) is 2.52. The van der Waals surface area contributed by atoms with Gasteiger partial charge in [-0.15, -0.1) is 0 Å². The first-order valence-corrected chi connectivity index (χ1v) is 8.69. The Labute approximate surface area is 151 Å². The monoisotopic (exact) mass is 370 g/mol. The summed E-state index contributed by atoms with van der Waals surface area (Å²) in [6.07, 6.45) is 3.08. The molecule has 2 aliphatic rings. The number of ether oxygens (including phenoxy) is 3. The number of alkyl halides is 2.